The topological polar surface area (TPSA) is 113 Å². The number of carbonyl (C=O) groups excluding carboxylic acids is 1. The second kappa shape index (κ2) is 6.81. The average molecular weight is 397 g/mol. The van der Waals surface area contributed by atoms with E-state index in [-0.39, 0.29) is 17.8 Å². The molecule has 1 aliphatic heterocycles. The lowest BCUT2D eigenvalue weighted by Gasteiger charge is -2.34. The minimum atomic E-state index is -2.79. The van der Waals surface area contributed by atoms with Crippen molar-refractivity contribution < 1.29 is 18.3 Å². The van der Waals surface area contributed by atoms with Crippen LogP contribution in [0.25, 0.3) is 0 Å². The Morgan fingerprint density at radius 3 is 2.86 bits per heavy atom. The van der Waals surface area contributed by atoms with Gasteiger partial charge in [-0.25, -0.2) is 18.8 Å². The number of hydrogen-bond acceptors (Lipinski definition) is 6. The number of benzene rings is 1. The van der Waals surface area contributed by atoms with E-state index in [2.05, 4.69) is 15.3 Å². The van der Waals surface area contributed by atoms with Crippen LogP contribution in [0, 0.1) is 24.2 Å². The second-order valence-electron chi connectivity index (χ2n) is 7.10. The fraction of sp³-hybridized carbons (Fsp3) is 0.300. The molecule has 0 bridgehead atoms. The lowest BCUT2D eigenvalue weighted by Crippen LogP contribution is -2.43. The van der Waals surface area contributed by atoms with Gasteiger partial charge in [-0.15, -0.1) is 0 Å². The minimum absolute atomic E-state index is 0.102. The van der Waals surface area contributed by atoms with Crippen molar-refractivity contribution in [3.05, 3.63) is 58.9 Å². The maximum absolute atomic E-state index is 14.3. The van der Waals surface area contributed by atoms with E-state index in [1.165, 1.54) is 24.4 Å². The Labute approximate surface area is 165 Å². The number of nitriles is 1. The number of halogens is 2. The molecule has 4 rings (SSSR count). The molecule has 2 aromatic rings. The van der Waals surface area contributed by atoms with Gasteiger partial charge in [-0.3, -0.25) is 4.79 Å². The number of alkyl halides is 2. The molecule has 148 valence electrons. The van der Waals surface area contributed by atoms with E-state index in [1.807, 2.05) is 6.07 Å². The maximum atomic E-state index is 14.3. The van der Waals surface area contributed by atoms with Crippen LogP contribution in [0.1, 0.15) is 33.6 Å². The average Bonchev–Trinajstić information content (AvgIpc) is 3.48. The molecule has 9 heteroatoms. The lowest BCUT2D eigenvalue weighted by molar-refractivity contribution is 0.0193. The van der Waals surface area contributed by atoms with Crippen LogP contribution in [-0.2, 0) is 10.3 Å². The zero-order valence-electron chi connectivity index (χ0n) is 15.4. The van der Waals surface area contributed by atoms with E-state index in [0.29, 0.717) is 28.8 Å². The van der Waals surface area contributed by atoms with E-state index in [4.69, 9.17) is 15.7 Å². The Morgan fingerprint density at radius 2 is 2.21 bits per heavy atom. The first kappa shape index (κ1) is 18.8. The van der Waals surface area contributed by atoms with Gasteiger partial charge in [-0.2, -0.15) is 5.26 Å². The Balaban J connectivity index is 1.68. The van der Waals surface area contributed by atoms with Crippen LogP contribution in [0.3, 0.4) is 0 Å². The summed E-state index contributed by atoms with van der Waals surface area (Å²) in [6.45, 7) is 1.71. The van der Waals surface area contributed by atoms with E-state index in [9.17, 15) is 13.6 Å². The van der Waals surface area contributed by atoms with Gasteiger partial charge in [0.2, 0.25) is 0 Å². The van der Waals surface area contributed by atoms with Crippen molar-refractivity contribution in [3.8, 4) is 6.07 Å². The summed E-state index contributed by atoms with van der Waals surface area (Å²) in [6.07, 6.45) is -1.43. The molecule has 0 spiro atoms. The molecule has 0 radical (unpaired) electrons. The molecule has 2 heterocycles. The van der Waals surface area contributed by atoms with Crippen LogP contribution in [0.2, 0.25) is 0 Å². The third kappa shape index (κ3) is 3.16. The monoisotopic (exact) mass is 397 g/mol. The number of hydrogen-bond donors (Lipinski definition) is 2. The molecule has 3 atom stereocenters. The van der Waals surface area contributed by atoms with Crippen molar-refractivity contribution in [1.82, 2.24) is 4.98 Å². The highest BCUT2D eigenvalue weighted by Crippen LogP contribution is 2.56. The number of aryl methyl sites for hydroxylation is 1. The number of nitrogens with one attached hydrogen (secondary N) is 1. The SMILES string of the molecule is Cc1ccc(NC(=O)c2ccc(C#N)cn2)cc1[C@@]1(C(F)F)N=C(N)O[C@@H]2CC21. The summed E-state index contributed by atoms with van der Waals surface area (Å²) in [4.78, 5) is 20.4. The molecule has 3 N–H and O–H groups in total. The molecule has 1 aromatic carbocycles. The van der Waals surface area contributed by atoms with Crippen molar-refractivity contribution >= 4 is 17.6 Å². The molecule has 1 unspecified atom stereocenters. The predicted molar refractivity (Wildman–Crippen MR) is 100 cm³/mol. The number of amides is 1. The summed E-state index contributed by atoms with van der Waals surface area (Å²) < 4.78 is 33.9. The molecule has 1 amide bonds. The van der Waals surface area contributed by atoms with Gasteiger partial charge in [-0.05, 0) is 48.7 Å². The zero-order valence-corrected chi connectivity index (χ0v) is 15.4. The van der Waals surface area contributed by atoms with E-state index in [0.717, 1.165) is 0 Å². The van der Waals surface area contributed by atoms with E-state index in [1.54, 1.807) is 19.1 Å². The minimum Gasteiger partial charge on any atom is -0.462 e. The van der Waals surface area contributed by atoms with Crippen molar-refractivity contribution in [3.63, 3.8) is 0 Å². The molecule has 2 aliphatic rings. The number of pyridine rings is 1. The molecule has 29 heavy (non-hydrogen) atoms. The number of nitrogens with two attached hydrogens (primary N) is 1. The maximum Gasteiger partial charge on any atom is 0.283 e. The summed E-state index contributed by atoms with van der Waals surface area (Å²) in [6, 6.07) is 9.34. The van der Waals surface area contributed by atoms with Crippen molar-refractivity contribution in [2.45, 2.75) is 31.4 Å². The third-order valence-corrected chi connectivity index (χ3v) is 5.25. The summed E-state index contributed by atoms with van der Waals surface area (Å²) in [5, 5.41) is 11.5. The van der Waals surface area contributed by atoms with Crippen LogP contribution >= 0.6 is 0 Å². The quantitative estimate of drug-likeness (QED) is 0.824. The number of anilines is 1. The van der Waals surface area contributed by atoms with Crippen molar-refractivity contribution in [2.75, 3.05) is 5.32 Å². The van der Waals surface area contributed by atoms with Crippen LogP contribution < -0.4 is 11.1 Å². The molecule has 1 aromatic heterocycles. The Morgan fingerprint density at radius 1 is 1.41 bits per heavy atom. The largest absolute Gasteiger partial charge is 0.462 e. The van der Waals surface area contributed by atoms with Crippen LogP contribution in [0.5, 0.6) is 0 Å². The van der Waals surface area contributed by atoms with Gasteiger partial charge in [0, 0.05) is 17.8 Å². The number of amidine groups is 1. The van der Waals surface area contributed by atoms with Gasteiger partial charge in [0.05, 0.1) is 5.56 Å². The van der Waals surface area contributed by atoms with Crippen molar-refractivity contribution in [1.29, 1.82) is 5.26 Å². The van der Waals surface area contributed by atoms with Gasteiger partial charge < -0.3 is 15.8 Å². The van der Waals surface area contributed by atoms with Gasteiger partial charge in [0.1, 0.15) is 17.9 Å². The van der Waals surface area contributed by atoms with Crippen LogP contribution in [0.4, 0.5) is 14.5 Å². The number of aromatic nitrogens is 1. The third-order valence-electron chi connectivity index (χ3n) is 5.25. The van der Waals surface area contributed by atoms with Gasteiger partial charge in [0.15, 0.2) is 5.54 Å². The lowest BCUT2D eigenvalue weighted by atomic mass is 9.82. The second-order valence-corrected chi connectivity index (χ2v) is 7.10. The Bertz CT molecular complexity index is 1050. The highest BCUT2D eigenvalue weighted by Gasteiger charge is 2.63. The number of ether oxygens (including phenoxy) is 1. The first-order chi connectivity index (χ1) is 13.8. The molecular weight excluding hydrogens is 380 g/mol. The Kier molecular flexibility index (Phi) is 4.42. The summed E-state index contributed by atoms with van der Waals surface area (Å²) >= 11 is 0. The highest BCUT2D eigenvalue weighted by atomic mass is 19.3. The highest BCUT2D eigenvalue weighted by molar-refractivity contribution is 6.02. The molecular formula is C20H17F2N5O2. The standard InChI is InChI=1S/C20H17F2N5O2/c1-10-2-4-12(26-17(28)15-5-3-11(8-23)9-25-15)6-13(10)20(18(21)22)14-7-16(14)29-19(24)27-20/h2-6,9,14,16,18H,7H2,1H3,(H2,24,27)(H,26,28)/t14?,16-,20-/m1/s1. The van der Waals surface area contributed by atoms with Crippen molar-refractivity contribution in [2.24, 2.45) is 16.6 Å². The molecule has 1 aliphatic carbocycles. The first-order valence-corrected chi connectivity index (χ1v) is 8.94. The fourth-order valence-corrected chi connectivity index (χ4v) is 3.72. The summed E-state index contributed by atoms with van der Waals surface area (Å²) in [7, 11) is 0. The number of aliphatic imine (C=N–C) groups is 1. The smallest absolute Gasteiger partial charge is 0.283 e. The van der Waals surface area contributed by atoms with Gasteiger partial charge in [-0.1, -0.05) is 6.07 Å². The number of nitrogens with zero attached hydrogens (tertiary/aromatic N) is 3. The molecule has 1 fully saturated rings. The van der Waals surface area contributed by atoms with Crippen LogP contribution in [-0.4, -0.2) is 29.4 Å². The van der Waals surface area contributed by atoms with Crippen LogP contribution in [0.15, 0.2) is 41.5 Å². The van der Waals surface area contributed by atoms with Gasteiger partial charge in [0.25, 0.3) is 18.4 Å². The molecule has 0 saturated heterocycles. The fourth-order valence-electron chi connectivity index (χ4n) is 3.72. The summed E-state index contributed by atoms with van der Waals surface area (Å²) in [5.74, 6) is -0.991. The number of rotatable bonds is 4. The summed E-state index contributed by atoms with van der Waals surface area (Å²) in [5.41, 5.74) is 5.54. The number of fused-ring (bicyclic) bond motifs is 1. The van der Waals surface area contributed by atoms with E-state index < -0.39 is 23.8 Å². The normalized spacial score (nSPS) is 24.7. The van der Waals surface area contributed by atoms with Gasteiger partial charge >= 0.3 is 0 Å². The molecule has 1 saturated carbocycles. The van der Waals surface area contributed by atoms with E-state index >= 15 is 0 Å². The number of carbonyl (C=O) groups is 1. The molecule has 7 nitrogen and oxygen atoms in total. The predicted octanol–water partition coefficient (Wildman–Crippen LogP) is 2.71. The Hall–Kier alpha value is -3.54. The zero-order chi connectivity index (χ0) is 20.8. The first-order valence-electron chi connectivity index (χ1n) is 8.94.